The fourth-order valence-electron chi connectivity index (χ4n) is 2.29. The van der Waals surface area contributed by atoms with Crippen LogP contribution in [0.3, 0.4) is 0 Å². The second-order valence-corrected chi connectivity index (χ2v) is 6.90. The van der Waals surface area contributed by atoms with E-state index in [1.807, 2.05) is 0 Å². The summed E-state index contributed by atoms with van der Waals surface area (Å²) in [4.78, 5) is 20.6. The zero-order chi connectivity index (χ0) is 19.6. The van der Waals surface area contributed by atoms with Crippen LogP contribution in [-0.4, -0.2) is 32.7 Å². The molecule has 140 valence electrons. The van der Waals surface area contributed by atoms with Gasteiger partial charge in [0.1, 0.15) is 10.2 Å². The van der Waals surface area contributed by atoms with Gasteiger partial charge in [-0.25, -0.2) is 4.98 Å². The first-order valence-corrected chi connectivity index (χ1v) is 8.71. The quantitative estimate of drug-likeness (QED) is 0.635. The molecule has 0 saturated carbocycles. The number of nitrogens with zero attached hydrogens (tertiary/aromatic N) is 4. The molecule has 3 aromatic heterocycles. The average molecular weight is 412 g/mol. The fraction of sp³-hybridized carbons (Fsp3) is 0.188. The number of hydrogen-bond acceptors (Lipinski definition) is 7. The van der Waals surface area contributed by atoms with Crippen LogP contribution in [0.4, 0.5) is 13.9 Å². The zero-order valence-corrected chi connectivity index (χ0v) is 15.6. The van der Waals surface area contributed by atoms with E-state index in [-0.39, 0.29) is 22.0 Å². The minimum absolute atomic E-state index is 0.0622. The van der Waals surface area contributed by atoms with Gasteiger partial charge in [-0.15, -0.1) is 10.2 Å². The molecule has 0 fully saturated rings. The highest BCUT2D eigenvalue weighted by molar-refractivity contribution is 7.15. The molecule has 0 radical (unpaired) electrons. The van der Waals surface area contributed by atoms with E-state index in [1.54, 1.807) is 19.9 Å². The van der Waals surface area contributed by atoms with Crippen LogP contribution < -0.4 is 10.1 Å². The lowest BCUT2D eigenvalue weighted by Gasteiger charge is -2.14. The van der Waals surface area contributed by atoms with Gasteiger partial charge in [0.05, 0.1) is 11.8 Å². The van der Waals surface area contributed by atoms with Crippen molar-refractivity contribution in [2.24, 2.45) is 0 Å². The van der Waals surface area contributed by atoms with Gasteiger partial charge < -0.3 is 4.74 Å². The van der Waals surface area contributed by atoms with Crippen molar-refractivity contribution in [2.45, 2.75) is 20.5 Å². The SMILES string of the molecule is Cc1cc(-c2cc(Cl)ncc2OC(F)F)c(C(=O)Nc2nnc(C)s2)cn1. The van der Waals surface area contributed by atoms with E-state index in [0.717, 1.165) is 6.20 Å². The summed E-state index contributed by atoms with van der Waals surface area (Å²) in [6, 6.07) is 2.92. The highest BCUT2D eigenvalue weighted by atomic mass is 35.5. The van der Waals surface area contributed by atoms with Gasteiger partial charge >= 0.3 is 6.61 Å². The maximum Gasteiger partial charge on any atom is 0.387 e. The second kappa shape index (κ2) is 7.89. The van der Waals surface area contributed by atoms with E-state index < -0.39 is 12.5 Å². The van der Waals surface area contributed by atoms with Gasteiger partial charge in [-0.05, 0) is 26.0 Å². The van der Waals surface area contributed by atoms with Crippen molar-refractivity contribution in [3.05, 3.63) is 45.9 Å². The first-order valence-electron chi connectivity index (χ1n) is 7.52. The summed E-state index contributed by atoms with van der Waals surface area (Å²) < 4.78 is 30.0. The van der Waals surface area contributed by atoms with Gasteiger partial charge in [-0.3, -0.25) is 15.1 Å². The molecule has 0 aromatic carbocycles. The first-order chi connectivity index (χ1) is 12.8. The summed E-state index contributed by atoms with van der Waals surface area (Å²) in [5.41, 5.74) is 1.22. The van der Waals surface area contributed by atoms with Gasteiger partial charge in [0, 0.05) is 23.0 Å². The molecule has 3 rings (SSSR count). The summed E-state index contributed by atoms with van der Waals surface area (Å²) in [5.74, 6) is -0.731. The van der Waals surface area contributed by atoms with Gasteiger partial charge in [-0.2, -0.15) is 8.78 Å². The van der Waals surface area contributed by atoms with Crippen molar-refractivity contribution < 1.29 is 18.3 Å². The van der Waals surface area contributed by atoms with Crippen molar-refractivity contribution in [1.29, 1.82) is 0 Å². The van der Waals surface area contributed by atoms with E-state index in [9.17, 15) is 13.6 Å². The van der Waals surface area contributed by atoms with Gasteiger partial charge in [0.2, 0.25) is 5.13 Å². The number of ether oxygens (including phenoxy) is 1. The van der Waals surface area contributed by atoms with Crippen LogP contribution in [0, 0.1) is 13.8 Å². The summed E-state index contributed by atoms with van der Waals surface area (Å²) in [6.45, 7) is 0.394. The van der Waals surface area contributed by atoms with Gasteiger partial charge in [-0.1, -0.05) is 22.9 Å². The molecule has 0 aliphatic rings. The van der Waals surface area contributed by atoms with E-state index in [1.165, 1.54) is 23.6 Å². The minimum Gasteiger partial charge on any atom is -0.433 e. The molecule has 7 nitrogen and oxygen atoms in total. The molecule has 1 amide bonds. The average Bonchev–Trinajstić information content (AvgIpc) is 3.00. The molecule has 27 heavy (non-hydrogen) atoms. The Morgan fingerprint density at radius 1 is 1.19 bits per heavy atom. The van der Waals surface area contributed by atoms with Crippen molar-refractivity contribution >= 4 is 34.0 Å². The number of carbonyl (C=O) groups excluding carboxylic acids is 1. The number of amides is 1. The summed E-state index contributed by atoms with van der Waals surface area (Å²) in [7, 11) is 0. The van der Waals surface area contributed by atoms with Crippen LogP contribution in [0.5, 0.6) is 5.75 Å². The maximum absolute atomic E-state index is 12.8. The molecule has 0 aliphatic heterocycles. The van der Waals surface area contributed by atoms with E-state index in [2.05, 4.69) is 30.2 Å². The molecule has 11 heteroatoms. The van der Waals surface area contributed by atoms with E-state index in [0.29, 0.717) is 21.4 Å². The highest BCUT2D eigenvalue weighted by Crippen LogP contribution is 2.35. The van der Waals surface area contributed by atoms with Crippen LogP contribution >= 0.6 is 22.9 Å². The van der Waals surface area contributed by atoms with Crippen LogP contribution in [0.25, 0.3) is 11.1 Å². The molecule has 1 N–H and O–H groups in total. The lowest BCUT2D eigenvalue weighted by molar-refractivity contribution is -0.0496. The third kappa shape index (κ3) is 4.52. The Labute approximate surface area is 161 Å². The van der Waals surface area contributed by atoms with Crippen LogP contribution in [-0.2, 0) is 0 Å². The number of aromatic nitrogens is 4. The Balaban J connectivity index is 2.07. The molecule has 0 saturated heterocycles. The molecule has 0 aliphatic carbocycles. The number of halogens is 3. The number of nitrogens with one attached hydrogen (secondary N) is 1. The molecule has 0 unspecified atom stereocenters. The Kier molecular flexibility index (Phi) is 5.57. The van der Waals surface area contributed by atoms with Crippen molar-refractivity contribution in [1.82, 2.24) is 20.2 Å². The predicted molar refractivity (Wildman–Crippen MR) is 96.4 cm³/mol. The fourth-order valence-corrected chi connectivity index (χ4v) is 3.04. The third-order valence-electron chi connectivity index (χ3n) is 3.37. The van der Waals surface area contributed by atoms with Crippen molar-refractivity contribution in [3.8, 4) is 16.9 Å². The summed E-state index contributed by atoms with van der Waals surface area (Å²) >= 11 is 7.12. The maximum atomic E-state index is 12.8. The van der Waals surface area contributed by atoms with Crippen molar-refractivity contribution in [3.63, 3.8) is 0 Å². The topological polar surface area (TPSA) is 89.9 Å². The van der Waals surface area contributed by atoms with Gasteiger partial charge in [0.15, 0.2) is 5.75 Å². The molecular weight excluding hydrogens is 400 g/mol. The number of rotatable bonds is 5. The van der Waals surface area contributed by atoms with Gasteiger partial charge in [0.25, 0.3) is 5.91 Å². The standard InChI is InChI=1S/C16H12ClF2N5O2S/c1-7-3-9(10-4-13(17)21-6-12(10)26-15(18)19)11(5-20-7)14(25)22-16-24-23-8(2)27-16/h3-6,15H,1-2H3,(H,22,24,25). The number of alkyl halides is 2. The zero-order valence-electron chi connectivity index (χ0n) is 14.0. The smallest absolute Gasteiger partial charge is 0.387 e. The second-order valence-electron chi connectivity index (χ2n) is 5.33. The monoisotopic (exact) mass is 411 g/mol. The lowest BCUT2D eigenvalue weighted by atomic mass is 10.0. The lowest BCUT2D eigenvalue weighted by Crippen LogP contribution is -2.14. The van der Waals surface area contributed by atoms with Crippen LogP contribution in [0.15, 0.2) is 24.5 Å². The Morgan fingerprint density at radius 3 is 2.63 bits per heavy atom. The third-order valence-corrected chi connectivity index (χ3v) is 4.33. The Hall–Kier alpha value is -2.72. The Morgan fingerprint density at radius 2 is 1.96 bits per heavy atom. The summed E-state index contributed by atoms with van der Waals surface area (Å²) in [5, 5.41) is 11.3. The number of hydrogen-bond donors (Lipinski definition) is 1. The minimum atomic E-state index is -3.06. The van der Waals surface area contributed by atoms with E-state index >= 15 is 0 Å². The largest absolute Gasteiger partial charge is 0.433 e. The Bertz CT molecular complexity index is 999. The number of pyridine rings is 2. The summed E-state index contributed by atoms with van der Waals surface area (Å²) in [6.07, 6.45) is 2.42. The van der Waals surface area contributed by atoms with Crippen LogP contribution in [0.1, 0.15) is 21.1 Å². The van der Waals surface area contributed by atoms with Crippen LogP contribution in [0.2, 0.25) is 5.15 Å². The predicted octanol–water partition coefficient (Wildman–Crippen LogP) is 4.12. The van der Waals surface area contributed by atoms with Crippen molar-refractivity contribution in [2.75, 3.05) is 5.32 Å². The molecule has 0 atom stereocenters. The normalized spacial score (nSPS) is 10.9. The molecule has 0 bridgehead atoms. The number of aryl methyl sites for hydroxylation is 2. The van der Waals surface area contributed by atoms with E-state index in [4.69, 9.17) is 11.6 Å². The molecule has 0 spiro atoms. The molecule has 3 heterocycles. The highest BCUT2D eigenvalue weighted by Gasteiger charge is 2.20. The number of carbonyl (C=O) groups is 1. The molecule has 3 aromatic rings. The number of anilines is 1. The molecular formula is C16H12ClF2N5O2S. The first kappa shape index (κ1) is 19.1.